The number of methoxy groups -OCH3 is 2. The lowest BCUT2D eigenvalue weighted by Crippen LogP contribution is -1.92. The normalized spacial score (nSPS) is 10.1. The highest BCUT2D eigenvalue weighted by molar-refractivity contribution is 5.78. The molecular formula is C14H13NO5. The van der Waals surface area contributed by atoms with Gasteiger partial charge in [-0.05, 0) is 24.3 Å². The van der Waals surface area contributed by atoms with Crippen LogP contribution < -0.4 is 9.47 Å². The van der Waals surface area contributed by atoms with E-state index in [9.17, 15) is 15.2 Å². The SMILES string of the molecule is COc1ccc(OC)c(-c2cc([N+](=O)[O-])ccc2O)c1. The van der Waals surface area contributed by atoms with Crippen LogP contribution >= 0.6 is 0 Å². The van der Waals surface area contributed by atoms with E-state index in [-0.39, 0.29) is 11.4 Å². The Kier molecular flexibility index (Phi) is 3.74. The first-order valence-corrected chi connectivity index (χ1v) is 5.76. The number of benzene rings is 2. The molecule has 0 spiro atoms. The molecule has 2 aromatic carbocycles. The van der Waals surface area contributed by atoms with Crippen LogP contribution in [0.1, 0.15) is 0 Å². The molecule has 0 saturated heterocycles. The molecule has 20 heavy (non-hydrogen) atoms. The molecule has 104 valence electrons. The van der Waals surface area contributed by atoms with Gasteiger partial charge in [-0.2, -0.15) is 0 Å². The summed E-state index contributed by atoms with van der Waals surface area (Å²) in [6, 6.07) is 8.85. The maximum absolute atomic E-state index is 10.8. The lowest BCUT2D eigenvalue weighted by Gasteiger charge is -2.11. The molecule has 6 heteroatoms. The fourth-order valence-corrected chi connectivity index (χ4v) is 1.88. The Morgan fingerprint density at radius 3 is 2.40 bits per heavy atom. The summed E-state index contributed by atoms with van der Waals surface area (Å²) in [5.41, 5.74) is 0.727. The van der Waals surface area contributed by atoms with Crippen molar-refractivity contribution in [1.29, 1.82) is 0 Å². The standard InChI is InChI=1S/C14H13NO5/c1-19-10-4-6-14(20-2)12(8-10)11-7-9(15(17)18)3-5-13(11)16/h3-8,16H,1-2H3. The third-order valence-corrected chi connectivity index (χ3v) is 2.89. The van der Waals surface area contributed by atoms with Crippen LogP contribution in [0.25, 0.3) is 11.1 Å². The molecule has 0 bridgehead atoms. The summed E-state index contributed by atoms with van der Waals surface area (Å²) in [5, 5.41) is 20.8. The second-order valence-electron chi connectivity index (χ2n) is 4.02. The number of nitro benzene ring substituents is 1. The van der Waals surface area contributed by atoms with Gasteiger partial charge < -0.3 is 14.6 Å². The largest absolute Gasteiger partial charge is 0.507 e. The zero-order chi connectivity index (χ0) is 14.7. The molecule has 1 N–H and O–H groups in total. The molecule has 0 atom stereocenters. The second-order valence-corrected chi connectivity index (χ2v) is 4.02. The third-order valence-electron chi connectivity index (χ3n) is 2.89. The summed E-state index contributed by atoms with van der Waals surface area (Å²) in [6.07, 6.45) is 0. The monoisotopic (exact) mass is 275 g/mol. The number of nitrogens with zero attached hydrogens (tertiary/aromatic N) is 1. The number of nitro groups is 1. The molecule has 0 aromatic heterocycles. The minimum absolute atomic E-state index is 0.0675. The fraction of sp³-hybridized carbons (Fsp3) is 0.143. The summed E-state index contributed by atoms with van der Waals surface area (Å²) >= 11 is 0. The van der Waals surface area contributed by atoms with Crippen LogP contribution in [-0.2, 0) is 0 Å². The number of hydrogen-bond acceptors (Lipinski definition) is 5. The molecule has 6 nitrogen and oxygen atoms in total. The number of phenolic OH excluding ortho intramolecular Hbond substituents is 1. The molecule has 0 radical (unpaired) electrons. The first kappa shape index (κ1) is 13.7. The van der Waals surface area contributed by atoms with E-state index in [1.54, 1.807) is 18.2 Å². The fourth-order valence-electron chi connectivity index (χ4n) is 1.88. The number of aromatic hydroxyl groups is 1. The molecule has 0 unspecified atom stereocenters. The minimum atomic E-state index is -0.518. The smallest absolute Gasteiger partial charge is 0.270 e. The van der Waals surface area contributed by atoms with Crippen molar-refractivity contribution in [2.75, 3.05) is 14.2 Å². The molecule has 0 heterocycles. The van der Waals surface area contributed by atoms with Gasteiger partial charge in [-0.1, -0.05) is 0 Å². The van der Waals surface area contributed by atoms with Gasteiger partial charge in [0.1, 0.15) is 17.2 Å². The number of rotatable bonds is 4. The Hall–Kier alpha value is -2.76. The van der Waals surface area contributed by atoms with Gasteiger partial charge in [-0.3, -0.25) is 10.1 Å². The maximum Gasteiger partial charge on any atom is 0.270 e. The van der Waals surface area contributed by atoms with Crippen LogP contribution in [0.5, 0.6) is 17.2 Å². The topological polar surface area (TPSA) is 81.8 Å². The Morgan fingerprint density at radius 1 is 1.05 bits per heavy atom. The van der Waals surface area contributed by atoms with Gasteiger partial charge in [0.05, 0.1) is 19.1 Å². The summed E-state index contributed by atoms with van der Waals surface area (Å²) in [4.78, 5) is 10.3. The Balaban J connectivity index is 2.65. The van der Waals surface area contributed by atoms with E-state index in [0.29, 0.717) is 22.6 Å². The van der Waals surface area contributed by atoms with Crippen LogP contribution in [0.3, 0.4) is 0 Å². The molecule has 2 aromatic rings. The second kappa shape index (κ2) is 5.48. The van der Waals surface area contributed by atoms with Crippen LogP contribution in [0.4, 0.5) is 5.69 Å². The van der Waals surface area contributed by atoms with Crippen molar-refractivity contribution < 1.29 is 19.5 Å². The van der Waals surface area contributed by atoms with E-state index in [1.807, 2.05) is 0 Å². The average molecular weight is 275 g/mol. The third kappa shape index (κ3) is 2.49. The van der Waals surface area contributed by atoms with E-state index >= 15 is 0 Å². The van der Waals surface area contributed by atoms with Crippen molar-refractivity contribution in [3.63, 3.8) is 0 Å². The minimum Gasteiger partial charge on any atom is -0.507 e. The Labute approximate surface area is 115 Å². The Morgan fingerprint density at radius 2 is 1.80 bits per heavy atom. The average Bonchev–Trinajstić information content (AvgIpc) is 2.46. The summed E-state index contributed by atoms with van der Waals surface area (Å²) in [5.74, 6) is 0.982. The Bertz CT molecular complexity index is 654. The predicted octanol–water partition coefficient (Wildman–Crippen LogP) is 2.98. The van der Waals surface area contributed by atoms with Gasteiger partial charge >= 0.3 is 0 Å². The lowest BCUT2D eigenvalue weighted by molar-refractivity contribution is -0.384. The molecule has 0 aliphatic rings. The van der Waals surface area contributed by atoms with Crippen LogP contribution in [0.2, 0.25) is 0 Å². The highest BCUT2D eigenvalue weighted by Gasteiger charge is 2.16. The highest BCUT2D eigenvalue weighted by Crippen LogP contribution is 2.39. The summed E-state index contributed by atoms with van der Waals surface area (Å²) < 4.78 is 10.3. The lowest BCUT2D eigenvalue weighted by atomic mass is 10.0. The van der Waals surface area contributed by atoms with Crippen molar-refractivity contribution in [1.82, 2.24) is 0 Å². The zero-order valence-electron chi connectivity index (χ0n) is 11.0. The van der Waals surface area contributed by atoms with Gasteiger partial charge in [-0.25, -0.2) is 0 Å². The molecule has 0 aliphatic heterocycles. The number of phenols is 1. The first-order chi connectivity index (χ1) is 9.56. The quantitative estimate of drug-likeness (QED) is 0.685. The van der Waals surface area contributed by atoms with Crippen molar-refractivity contribution in [3.05, 3.63) is 46.5 Å². The molecule has 0 fully saturated rings. The van der Waals surface area contributed by atoms with Crippen LogP contribution in [0, 0.1) is 10.1 Å². The number of hydrogen-bond donors (Lipinski definition) is 1. The molecule has 0 saturated carbocycles. The van der Waals surface area contributed by atoms with Gasteiger partial charge in [0.25, 0.3) is 5.69 Å². The molecular weight excluding hydrogens is 262 g/mol. The predicted molar refractivity (Wildman–Crippen MR) is 73.3 cm³/mol. The van der Waals surface area contributed by atoms with Crippen molar-refractivity contribution in [2.24, 2.45) is 0 Å². The van der Waals surface area contributed by atoms with E-state index < -0.39 is 4.92 Å². The van der Waals surface area contributed by atoms with E-state index in [2.05, 4.69) is 0 Å². The maximum atomic E-state index is 10.8. The van der Waals surface area contributed by atoms with Crippen molar-refractivity contribution in [3.8, 4) is 28.4 Å². The van der Waals surface area contributed by atoms with Crippen molar-refractivity contribution in [2.45, 2.75) is 0 Å². The van der Waals surface area contributed by atoms with Gasteiger partial charge in [0.2, 0.25) is 0 Å². The van der Waals surface area contributed by atoms with Crippen LogP contribution in [-0.4, -0.2) is 24.2 Å². The zero-order valence-corrected chi connectivity index (χ0v) is 11.0. The van der Waals surface area contributed by atoms with E-state index in [4.69, 9.17) is 9.47 Å². The van der Waals surface area contributed by atoms with E-state index in [0.717, 1.165) is 0 Å². The van der Waals surface area contributed by atoms with Gasteiger partial charge in [0, 0.05) is 23.3 Å². The number of ether oxygens (including phenoxy) is 2. The molecule has 0 amide bonds. The highest BCUT2D eigenvalue weighted by atomic mass is 16.6. The van der Waals surface area contributed by atoms with E-state index in [1.165, 1.54) is 32.4 Å². The summed E-state index contributed by atoms with van der Waals surface area (Å²) in [7, 11) is 3.00. The number of non-ortho nitro benzene ring substituents is 1. The van der Waals surface area contributed by atoms with Crippen LogP contribution in [0.15, 0.2) is 36.4 Å². The molecule has 2 rings (SSSR count). The van der Waals surface area contributed by atoms with Gasteiger partial charge in [0.15, 0.2) is 0 Å². The van der Waals surface area contributed by atoms with Gasteiger partial charge in [-0.15, -0.1) is 0 Å². The first-order valence-electron chi connectivity index (χ1n) is 5.76. The summed E-state index contributed by atoms with van der Waals surface area (Å²) in [6.45, 7) is 0. The van der Waals surface area contributed by atoms with Crippen molar-refractivity contribution >= 4 is 5.69 Å². The molecule has 0 aliphatic carbocycles.